The fourth-order valence-corrected chi connectivity index (χ4v) is 2.83. The quantitative estimate of drug-likeness (QED) is 0.893. The van der Waals surface area contributed by atoms with Gasteiger partial charge in [0.2, 0.25) is 0 Å². The molecular weight excluding hydrogens is 278 g/mol. The molecule has 0 bridgehead atoms. The van der Waals surface area contributed by atoms with Crippen molar-refractivity contribution in [3.8, 4) is 0 Å². The van der Waals surface area contributed by atoms with Crippen molar-refractivity contribution >= 4 is 15.9 Å². The minimum Gasteiger partial charge on any atom is -0.387 e. The zero-order valence-corrected chi connectivity index (χ0v) is 11.6. The Hall–Kier alpha value is -0.380. The van der Waals surface area contributed by atoms with Gasteiger partial charge < -0.3 is 10.4 Å². The topological polar surface area (TPSA) is 32.3 Å². The lowest BCUT2D eigenvalue weighted by Gasteiger charge is -2.24. The van der Waals surface area contributed by atoms with E-state index in [1.807, 2.05) is 24.3 Å². The zero-order valence-electron chi connectivity index (χ0n) is 10.0. The molecule has 0 aliphatic heterocycles. The van der Waals surface area contributed by atoms with Gasteiger partial charge in [0.05, 0.1) is 6.10 Å². The highest BCUT2D eigenvalue weighted by Crippen LogP contribution is 2.20. The van der Waals surface area contributed by atoms with Crippen molar-refractivity contribution in [2.45, 2.75) is 44.2 Å². The Kier molecular flexibility index (Phi) is 5.01. The maximum atomic E-state index is 10.1. The maximum absolute atomic E-state index is 10.1. The summed E-state index contributed by atoms with van der Waals surface area (Å²) in [6.45, 7) is 0.654. The van der Waals surface area contributed by atoms with Gasteiger partial charge in [-0.05, 0) is 30.5 Å². The molecule has 1 aliphatic carbocycles. The molecule has 2 N–H and O–H groups in total. The van der Waals surface area contributed by atoms with E-state index in [0.717, 1.165) is 10.0 Å². The number of rotatable bonds is 4. The van der Waals surface area contributed by atoms with Gasteiger partial charge in [0, 0.05) is 17.1 Å². The zero-order chi connectivity index (χ0) is 12.1. The van der Waals surface area contributed by atoms with Crippen molar-refractivity contribution < 1.29 is 5.11 Å². The van der Waals surface area contributed by atoms with Gasteiger partial charge in [-0.3, -0.25) is 0 Å². The average molecular weight is 298 g/mol. The second-order valence-corrected chi connectivity index (χ2v) is 5.73. The summed E-state index contributed by atoms with van der Waals surface area (Å²) in [5.74, 6) is 0. The number of halogens is 1. The van der Waals surface area contributed by atoms with E-state index in [1.54, 1.807) is 0 Å². The first-order chi connectivity index (χ1) is 8.25. The van der Waals surface area contributed by atoms with Crippen LogP contribution in [-0.2, 0) is 0 Å². The molecule has 3 heteroatoms. The third-order valence-electron chi connectivity index (χ3n) is 3.44. The van der Waals surface area contributed by atoms with Crippen LogP contribution in [0, 0.1) is 0 Å². The molecule has 1 fully saturated rings. The Labute approximate surface area is 112 Å². The molecule has 1 aromatic rings. The third kappa shape index (κ3) is 4.09. The number of hydrogen-bond acceptors (Lipinski definition) is 2. The van der Waals surface area contributed by atoms with Crippen molar-refractivity contribution in [3.63, 3.8) is 0 Å². The first-order valence-corrected chi connectivity index (χ1v) is 7.22. The second kappa shape index (κ2) is 6.53. The van der Waals surface area contributed by atoms with Crippen LogP contribution in [0.2, 0.25) is 0 Å². The number of nitrogens with one attached hydrogen (secondary N) is 1. The molecule has 94 valence electrons. The molecule has 0 saturated heterocycles. The Morgan fingerprint density at radius 2 is 2.06 bits per heavy atom. The van der Waals surface area contributed by atoms with E-state index in [-0.39, 0.29) is 0 Å². The highest BCUT2D eigenvalue weighted by atomic mass is 79.9. The van der Waals surface area contributed by atoms with Gasteiger partial charge in [0.1, 0.15) is 0 Å². The van der Waals surface area contributed by atoms with Crippen LogP contribution in [0.25, 0.3) is 0 Å². The predicted molar refractivity (Wildman–Crippen MR) is 74.0 cm³/mol. The maximum Gasteiger partial charge on any atom is 0.0914 e. The lowest BCUT2D eigenvalue weighted by Crippen LogP contribution is -2.34. The van der Waals surface area contributed by atoms with Crippen LogP contribution in [0.5, 0.6) is 0 Å². The highest BCUT2D eigenvalue weighted by molar-refractivity contribution is 9.10. The lowest BCUT2D eigenvalue weighted by atomic mass is 9.95. The minimum atomic E-state index is -0.408. The van der Waals surface area contributed by atoms with Crippen LogP contribution >= 0.6 is 15.9 Å². The van der Waals surface area contributed by atoms with Gasteiger partial charge in [0.15, 0.2) is 0 Å². The molecule has 2 rings (SSSR count). The summed E-state index contributed by atoms with van der Waals surface area (Å²) in [4.78, 5) is 0. The largest absolute Gasteiger partial charge is 0.387 e. The van der Waals surface area contributed by atoms with Gasteiger partial charge in [-0.2, -0.15) is 0 Å². The average Bonchev–Trinajstić information content (AvgIpc) is 2.37. The van der Waals surface area contributed by atoms with Crippen LogP contribution in [0.4, 0.5) is 0 Å². The van der Waals surface area contributed by atoms with Crippen LogP contribution in [0.1, 0.15) is 43.8 Å². The van der Waals surface area contributed by atoms with Gasteiger partial charge in [-0.25, -0.2) is 0 Å². The van der Waals surface area contributed by atoms with E-state index in [2.05, 4.69) is 21.2 Å². The first kappa shape index (κ1) is 13.1. The minimum absolute atomic E-state index is 0.408. The molecule has 2 nitrogen and oxygen atoms in total. The monoisotopic (exact) mass is 297 g/mol. The summed E-state index contributed by atoms with van der Waals surface area (Å²) in [7, 11) is 0. The van der Waals surface area contributed by atoms with Crippen molar-refractivity contribution in [2.75, 3.05) is 6.54 Å². The fourth-order valence-electron chi connectivity index (χ4n) is 2.42. The Morgan fingerprint density at radius 1 is 1.29 bits per heavy atom. The molecule has 0 amide bonds. The summed E-state index contributed by atoms with van der Waals surface area (Å²) >= 11 is 3.43. The predicted octanol–water partition coefficient (Wildman–Crippen LogP) is 3.40. The Balaban J connectivity index is 1.82. The summed E-state index contributed by atoms with van der Waals surface area (Å²) in [6.07, 6.45) is 6.12. The lowest BCUT2D eigenvalue weighted by molar-refractivity contribution is 0.165. The van der Waals surface area contributed by atoms with E-state index < -0.39 is 6.10 Å². The Morgan fingerprint density at radius 3 is 2.76 bits per heavy atom. The Bertz CT molecular complexity index is 350. The molecule has 17 heavy (non-hydrogen) atoms. The van der Waals surface area contributed by atoms with Gasteiger partial charge >= 0.3 is 0 Å². The van der Waals surface area contributed by atoms with Crippen LogP contribution in [-0.4, -0.2) is 17.7 Å². The summed E-state index contributed by atoms with van der Waals surface area (Å²) in [5, 5.41) is 13.6. The van der Waals surface area contributed by atoms with Gasteiger partial charge in [-0.15, -0.1) is 0 Å². The molecule has 1 saturated carbocycles. The number of aliphatic hydroxyl groups excluding tert-OH is 1. The molecule has 0 unspecified atom stereocenters. The molecular formula is C14H20BrNO. The smallest absolute Gasteiger partial charge is 0.0914 e. The van der Waals surface area contributed by atoms with Crippen LogP contribution < -0.4 is 5.32 Å². The SMILES string of the molecule is O[C@@H](CNC1CCCCC1)c1cccc(Br)c1. The van der Waals surface area contributed by atoms with E-state index in [1.165, 1.54) is 32.1 Å². The third-order valence-corrected chi connectivity index (χ3v) is 3.93. The second-order valence-electron chi connectivity index (χ2n) is 4.81. The van der Waals surface area contributed by atoms with Crippen LogP contribution in [0.3, 0.4) is 0 Å². The summed E-state index contributed by atoms with van der Waals surface area (Å²) < 4.78 is 1.02. The van der Waals surface area contributed by atoms with Crippen molar-refractivity contribution in [2.24, 2.45) is 0 Å². The van der Waals surface area contributed by atoms with Gasteiger partial charge in [-0.1, -0.05) is 47.3 Å². The van der Waals surface area contributed by atoms with Crippen LogP contribution in [0.15, 0.2) is 28.7 Å². The molecule has 1 aliphatic rings. The number of benzene rings is 1. The fraction of sp³-hybridized carbons (Fsp3) is 0.571. The molecule has 0 radical (unpaired) electrons. The van der Waals surface area contributed by atoms with Crippen molar-refractivity contribution in [1.29, 1.82) is 0 Å². The highest BCUT2D eigenvalue weighted by Gasteiger charge is 2.15. The van der Waals surface area contributed by atoms with E-state index in [9.17, 15) is 5.11 Å². The molecule has 0 heterocycles. The van der Waals surface area contributed by atoms with E-state index in [0.29, 0.717) is 12.6 Å². The normalized spacial score (nSPS) is 19.2. The van der Waals surface area contributed by atoms with Gasteiger partial charge in [0.25, 0.3) is 0 Å². The van der Waals surface area contributed by atoms with E-state index >= 15 is 0 Å². The number of aliphatic hydroxyl groups is 1. The molecule has 0 aromatic heterocycles. The standard InChI is InChI=1S/C14H20BrNO/c15-12-6-4-5-11(9-12)14(17)10-16-13-7-2-1-3-8-13/h4-6,9,13-14,16-17H,1-3,7-8,10H2/t14-/m0/s1. The van der Waals surface area contributed by atoms with E-state index in [4.69, 9.17) is 0 Å². The van der Waals surface area contributed by atoms with Crippen molar-refractivity contribution in [1.82, 2.24) is 5.32 Å². The molecule has 1 atom stereocenters. The summed E-state index contributed by atoms with van der Waals surface area (Å²) in [5.41, 5.74) is 0.975. The number of hydrogen-bond donors (Lipinski definition) is 2. The molecule has 1 aromatic carbocycles. The molecule has 0 spiro atoms. The first-order valence-electron chi connectivity index (χ1n) is 6.42. The summed E-state index contributed by atoms with van der Waals surface area (Å²) in [6, 6.07) is 8.49. The van der Waals surface area contributed by atoms with Crippen molar-refractivity contribution in [3.05, 3.63) is 34.3 Å².